The van der Waals surface area contributed by atoms with E-state index in [1.807, 2.05) is 0 Å². The van der Waals surface area contributed by atoms with E-state index in [9.17, 15) is 14.7 Å². The number of para-hydroxylation sites is 1. The van der Waals surface area contributed by atoms with Crippen LogP contribution >= 0.6 is 34.8 Å². The summed E-state index contributed by atoms with van der Waals surface area (Å²) in [4.78, 5) is 23.1. The molecule has 2 aromatic rings. The van der Waals surface area contributed by atoms with Crippen LogP contribution in [0.2, 0.25) is 0 Å². The van der Waals surface area contributed by atoms with Crippen molar-refractivity contribution in [3.05, 3.63) is 54.1 Å². The summed E-state index contributed by atoms with van der Waals surface area (Å²) in [6, 6.07) is 13.3. The van der Waals surface area contributed by atoms with E-state index in [4.69, 9.17) is 39.5 Å². The third-order valence-electron chi connectivity index (χ3n) is 2.76. The minimum atomic E-state index is -2.31. The fourth-order valence-electron chi connectivity index (χ4n) is 1.81. The monoisotopic (exact) mass is 358 g/mol. The van der Waals surface area contributed by atoms with E-state index in [0.29, 0.717) is 11.1 Å². The SMILES string of the molecule is O=C(O)c1cccc(-c2ccccc2)c1OC(=O)C(Cl)(Cl)Cl. The number of aromatic carboxylic acids is 1. The highest BCUT2D eigenvalue weighted by Gasteiger charge is 2.34. The second-order valence-corrected chi connectivity index (χ2v) is 6.52. The van der Waals surface area contributed by atoms with Crippen molar-refractivity contribution in [1.82, 2.24) is 0 Å². The van der Waals surface area contributed by atoms with Crippen LogP contribution in [0.1, 0.15) is 10.4 Å². The number of carboxylic acids is 1. The first-order valence-electron chi connectivity index (χ1n) is 6.01. The van der Waals surface area contributed by atoms with Gasteiger partial charge in [-0.15, -0.1) is 0 Å². The van der Waals surface area contributed by atoms with Crippen LogP contribution in [0.3, 0.4) is 0 Å². The number of alkyl halides is 3. The Morgan fingerprint density at radius 1 is 0.955 bits per heavy atom. The molecule has 0 aliphatic carbocycles. The molecule has 0 saturated heterocycles. The standard InChI is InChI=1S/C15H9Cl3O4/c16-15(17,18)14(21)22-12-10(9-5-2-1-3-6-9)7-4-8-11(12)13(19)20/h1-8H,(H,19,20). The fourth-order valence-corrected chi connectivity index (χ4v) is 1.93. The lowest BCUT2D eigenvalue weighted by molar-refractivity contribution is -0.133. The van der Waals surface area contributed by atoms with E-state index in [-0.39, 0.29) is 11.3 Å². The smallest absolute Gasteiger partial charge is 0.363 e. The summed E-state index contributed by atoms with van der Waals surface area (Å²) in [5, 5.41) is 9.26. The molecule has 114 valence electrons. The number of benzene rings is 2. The van der Waals surface area contributed by atoms with Crippen LogP contribution in [-0.4, -0.2) is 20.8 Å². The largest absolute Gasteiger partial charge is 0.478 e. The number of halogens is 3. The molecule has 22 heavy (non-hydrogen) atoms. The van der Waals surface area contributed by atoms with E-state index in [2.05, 4.69) is 0 Å². The molecule has 0 atom stereocenters. The second kappa shape index (κ2) is 6.57. The zero-order valence-corrected chi connectivity index (χ0v) is 13.2. The molecule has 1 N–H and O–H groups in total. The van der Waals surface area contributed by atoms with Gasteiger partial charge in [0.15, 0.2) is 5.75 Å². The van der Waals surface area contributed by atoms with Gasteiger partial charge in [0.1, 0.15) is 5.56 Å². The molecule has 4 nitrogen and oxygen atoms in total. The van der Waals surface area contributed by atoms with E-state index in [1.165, 1.54) is 6.07 Å². The molecule has 7 heteroatoms. The molecule has 0 unspecified atom stereocenters. The van der Waals surface area contributed by atoms with E-state index in [1.54, 1.807) is 42.5 Å². The second-order valence-electron chi connectivity index (χ2n) is 4.24. The average Bonchev–Trinajstić information content (AvgIpc) is 2.47. The lowest BCUT2D eigenvalue weighted by Gasteiger charge is -2.15. The molecular formula is C15H9Cl3O4. The maximum atomic E-state index is 11.8. The van der Waals surface area contributed by atoms with Gasteiger partial charge in [0.25, 0.3) is 3.79 Å². The van der Waals surface area contributed by atoms with Gasteiger partial charge < -0.3 is 9.84 Å². The molecule has 2 rings (SSSR count). The first-order valence-corrected chi connectivity index (χ1v) is 7.15. The zero-order chi connectivity index (χ0) is 16.3. The lowest BCUT2D eigenvalue weighted by atomic mass is 10.0. The van der Waals surface area contributed by atoms with Crippen molar-refractivity contribution in [1.29, 1.82) is 0 Å². The van der Waals surface area contributed by atoms with Gasteiger partial charge in [0, 0.05) is 5.56 Å². The van der Waals surface area contributed by atoms with Gasteiger partial charge in [0.2, 0.25) is 0 Å². The summed E-state index contributed by atoms with van der Waals surface area (Å²) < 4.78 is 2.74. The van der Waals surface area contributed by atoms with Crippen molar-refractivity contribution < 1.29 is 19.4 Å². The number of carboxylic acid groups (broad SMARTS) is 1. The Morgan fingerprint density at radius 3 is 2.14 bits per heavy atom. The molecule has 0 fully saturated rings. The molecule has 2 aromatic carbocycles. The van der Waals surface area contributed by atoms with E-state index in [0.717, 1.165) is 0 Å². The maximum absolute atomic E-state index is 11.8. The van der Waals surface area contributed by atoms with Crippen molar-refractivity contribution in [3.8, 4) is 16.9 Å². The van der Waals surface area contributed by atoms with Gasteiger partial charge in [-0.05, 0) is 11.6 Å². The zero-order valence-electron chi connectivity index (χ0n) is 10.9. The van der Waals surface area contributed by atoms with Crippen LogP contribution in [-0.2, 0) is 4.79 Å². The molecule has 0 aliphatic rings. The first kappa shape index (κ1) is 16.6. The Hall–Kier alpha value is -1.75. The first-order chi connectivity index (χ1) is 10.3. The highest BCUT2D eigenvalue weighted by atomic mass is 35.6. The number of carbonyl (C=O) groups excluding carboxylic acids is 1. The van der Waals surface area contributed by atoms with Crippen LogP contribution in [0.5, 0.6) is 5.75 Å². The number of carbonyl (C=O) groups is 2. The molecule has 0 radical (unpaired) electrons. The number of hydrogen-bond donors (Lipinski definition) is 1. The van der Waals surface area contributed by atoms with E-state index >= 15 is 0 Å². The van der Waals surface area contributed by atoms with Gasteiger partial charge in [-0.3, -0.25) is 0 Å². The van der Waals surface area contributed by atoms with Crippen molar-refractivity contribution in [2.75, 3.05) is 0 Å². The van der Waals surface area contributed by atoms with Gasteiger partial charge in [-0.1, -0.05) is 77.3 Å². The average molecular weight is 360 g/mol. The number of esters is 1. The molecule has 0 bridgehead atoms. The predicted octanol–water partition coefficient (Wildman–Crippen LogP) is 4.33. The van der Waals surface area contributed by atoms with Crippen LogP contribution < -0.4 is 4.74 Å². The van der Waals surface area contributed by atoms with Gasteiger partial charge in [0.05, 0.1) is 0 Å². The minimum Gasteiger partial charge on any atom is -0.478 e. The Bertz CT molecular complexity index is 708. The number of hydrogen-bond acceptors (Lipinski definition) is 3. The summed E-state index contributed by atoms with van der Waals surface area (Å²) >= 11 is 16.4. The third-order valence-corrected chi connectivity index (χ3v) is 3.22. The highest BCUT2D eigenvalue weighted by molar-refractivity contribution is 6.75. The molecule has 0 saturated carbocycles. The summed E-state index contributed by atoms with van der Waals surface area (Å²) in [5.41, 5.74) is 0.866. The normalized spacial score (nSPS) is 11.0. The maximum Gasteiger partial charge on any atom is 0.363 e. The predicted molar refractivity (Wildman–Crippen MR) is 84.8 cm³/mol. The Balaban J connectivity index is 2.58. The van der Waals surface area contributed by atoms with Crippen molar-refractivity contribution in [3.63, 3.8) is 0 Å². The van der Waals surface area contributed by atoms with Gasteiger partial charge in [-0.2, -0.15) is 0 Å². The fraction of sp³-hybridized carbons (Fsp3) is 0.0667. The Morgan fingerprint density at radius 2 is 1.59 bits per heavy atom. The summed E-state index contributed by atoms with van der Waals surface area (Å²) in [6.45, 7) is 0. The highest BCUT2D eigenvalue weighted by Crippen LogP contribution is 2.36. The van der Waals surface area contributed by atoms with Crippen LogP contribution in [0, 0.1) is 0 Å². The summed E-state index contributed by atoms with van der Waals surface area (Å²) in [7, 11) is 0. The van der Waals surface area contributed by atoms with Gasteiger partial charge in [-0.25, -0.2) is 9.59 Å². The summed E-state index contributed by atoms with van der Waals surface area (Å²) in [6.07, 6.45) is 0. The minimum absolute atomic E-state index is 0.169. The topological polar surface area (TPSA) is 63.6 Å². The van der Waals surface area contributed by atoms with E-state index < -0.39 is 15.7 Å². The van der Waals surface area contributed by atoms with Crippen LogP contribution in [0.15, 0.2) is 48.5 Å². The van der Waals surface area contributed by atoms with Crippen LogP contribution in [0.4, 0.5) is 0 Å². The molecule has 0 spiro atoms. The van der Waals surface area contributed by atoms with Crippen LogP contribution in [0.25, 0.3) is 11.1 Å². The quantitative estimate of drug-likeness (QED) is 0.503. The Labute approximate surface area is 141 Å². The summed E-state index contributed by atoms with van der Waals surface area (Å²) in [5.74, 6) is -2.61. The molecule has 0 aliphatic heterocycles. The molecule has 0 aromatic heterocycles. The third kappa shape index (κ3) is 3.71. The molecule has 0 amide bonds. The Kier molecular flexibility index (Phi) is 4.96. The number of ether oxygens (including phenoxy) is 1. The van der Waals surface area contributed by atoms with Crippen molar-refractivity contribution in [2.45, 2.75) is 3.79 Å². The number of rotatable bonds is 3. The molecule has 0 heterocycles. The molecular weight excluding hydrogens is 351 g/mol. The van der Waals surface area contributed by atoms with Crippen molar-refractivity contribution in [2.24, 2.45) is 0 Å². The lowest BCUT2D eigenvalue weighted by Crippen LogP contribution is -2.25. The van der Waals surface area contributed by atoms with Crippen molar-refractivity contribution >= 4 is 46.7 Å². The van der Waals surface area contributed by atoms with Gasteiger partial charge >= 0.3 is 11.9 Å².